The van der Waals surface area contributed by atoms with Crippen molar-refractivity contribution in [3.05, 3.63) is 95.7 Å². The Bertz CT molecular complexity index is 2270. The lowest BCUT2D eigenvalue weighted by Crippen LogP contribution is -2.53. The van der Waals surface area contributed by atoms with E-state index in [1.54, 1.807) is 11.0 Å². The van der Waals surface area contributed by atoms with E-state index in [9.17, 15) is 43.1 Å². The Labute approximate surface area is 456 Å². The Morgan fingerprint density at radius 2 is 1.51 bits per heavy atom. The lowest BCUT2D eigenvalue weighted by molar-refractivity contribution is -0.141. The summed E-state index contributed by atoms with van der Waals surface area (Å²) in [6, 6.07) is 9.51. The van der Waals surface area contributed by atoms with E-state index in [-0.39, 0.29) is 114 Å². The van der Waals surface area contributed by atoms with Crippen molar-refractivity contribution >= 4 is 65.1 Å². The van der Waals surface area contributed by atoms with Crippen molar-refractivity contribution in [2.45, 2.75) is 81.9 Å². The predicted octanol–water partition coefficient (Wildman–Crippen LogP) is 2.57. The smallest absolute Gasteiger partial charge is 0.327 e. The van der Waals surface area contributed by atoms with Crippen molar-refractivity contribution in [1.29, 1.82) is 0 Å². The third kappa shape index (κ3) is 23.5. The maximum Gasteiger partial charge on any atom is 0.327 e. The fourth-order valence-electron chi connectivity index (χ4n) is 7.94. The van der Waals surface area contributed by atoms with Crippen LogP contribution < -0.4 is 27.4 Å². The van der Waals surface area contributed by atoms with Gasteiger partial charge in [-0.05, 0) is 49.2 Å². The van der Waals surface area contributed by atoms with Crippen molar-refractivity contribution in [2.75, 3.05) is 96.3 Å². The van der Waals surface area contributed by atoms with Gasteiger partial charge in [0, 0.05) is 60.6 Å². The van der Waals surface area contributed by atoms with Crippen LogP contribution in [0.15, 0.2) is 73.0 Å². The van der Waals surface area contributed by atoms with Gasteiger partial charge in [0.1, 0.15) is 23.7 Å². The van der Waals surface area contributed by atoms with Crippen molar-refractivity contribution in [1.82, 2.24) is 25.8 Å². The number of carbonyl (C=O) groups is 7. The lowest BCUT2D eigenvalue weighted by Gasteiger charge is -2.45. The number of carboxylic acid groups (broad SMARTS) is 3. The van der Waals surface area contributed by atoms with Gasteiger partial charge in [-0.15, -0.1) is 30.1 Å². The highest BCUT2D eigenvalue weighted by atomic mass is 32.2. The van der Waals surface area contributed by atoms with Gasteiger partial charge in [-0.3, -0.25) is 28.8 Å². The number of thioether (sulfide) groups is 2. The molecule has 0 bridgehead atoms. The van der Waals surface area contributed by atoms with Crippen LogP contribution in [0.2, 0.25) is 0 Å². The first-order valence-electron chi connectivity index (χ1n) is 25.1. The molecule has 4 amide bonds. The van der Waals surface area contributed by atoms with E-state index in [2.05, 4.69) is 27.4 Å². The van der Waals surface area contributed by atoms with Crippen molar-refractivity contribution in [3.63, 3.8) is 0 Å². The van der Waals surface area contributed by atoms with E-state index in [0.29, 0.717) is 13.0 Å². The van der Waals surface area contributed by atoms with E-state index < -0.39 is 94.9 Å². The molecule has 0 saturated carbocycles. The third-order valence-electron chi connectivity index (χ3n) is 12.1. The van der Waals surface area contributed by atoms with E-state index >= 15 is 4.39 Å². The summed E-state index contributed by atoms with van der Waals surface area (Å²) in [5.41, 5.74) is 12.5. The van der Waals surface area contributed by atoms with Crippen LogP contribution in [0.5, 0.6) is 0 Å². The van der Waals surface area contributed by atoms with Crippen LogP contribution in [-0.2, 0) is 59.1 Å². The second-order valence-corrected chi connectivity index (χ2v) is 20.7. The van der Waals surface area contributed by atoms with Gasteiger partial charge in [-0.1, -0.05) is 56.3 Å². The van der Waals surface area contributed by atoms with Crippen LogP contribution in [0, 0.1) is 17.0 Å². The molecule has 3 rings (SSSR count). The molecule has 10 N–H and O–H groups in total. The van der Waals surface area contributed by atoms with E-state index in [4.69, 9.17) is 40.6 Å². The number of carbonyl (C=O) groups excluding carboxylic acids is 4. The molecule has 3 unspecified atom stereocenters. The van der Waals surface area contributed by atoms with Crippen LogP contribution in [0.3, 0.4) is 0 Å². The molecule has 21 nitrogen and oxygen atoms in total. The topological polar surface area (TPSA) is 312 Å². The minimum Gasteiger partial charge on any atom is -0.481 e. The molecule has 0 spiro atoms. The Kier molecular flexibility index (Phi) is 29.8. The average Bonchev–Trinajstić information content (AvgIpc) is 3.69. The highest BCUT2D eigenvalue weighted by Crippen LogP contribution is 2.44. The number of nitrogens with zero attached hydrogens (tertiary/aromatic N) is 2. The summed E-state index contributed by atoms with van der Waals surface area (Å²) in [4.78, 5) is 89.7. The highest BCUT2D eigenvalue weighted by molar-refractivity contribution is 8.00. The third-order valence-corrected chi connectivity index (χ3v) is 14.5. The summed E-state index contributed by atoms with van der Waals surface area (Å²) < 4.78 is 51.8. The molecule has 1 aliphatic rings. The summed E-state index contributed by atoms with van der Waals surface area (Å²) in [6.45, 7) is 12.0. The predicted molar refractivity (Wildman–Crippen MR) is 287 cm³/mol. The van der Waals surface area contributed by atoms with Gasteiger partial charge in [-0.2, -0.15) is 0 Å². The molecule has 0 aliphatic carbocycles. The zero-order chi connectivity index (χ0) is 56.9. The summed E-state index contributed by atoms with van der Waals surface area (Å²) >= 11 is 1.83. The van der Waals surface area contributed by atoms with Crippen LogP contribution in [-0.4, -0.2) is 192 Å². The zero-order valence-corrected chi connectivity index (χ0v) is 45.5. The molecule has 6 atom stereocenters. The molecule has 25 heteroatoms. The molecule has 2 aromatic carbocycles. The Hall–Kier alpha value is -5.67. The summed E-state index contributed by atoms with van der Waals surface area (Å²) in [5.74, 6) is -8.12. The molecule has 2 aromatic rings. The fourth-order valence-corrected chi connectivity index (χ4v) is 9.94. The standard InChI is InChI=1S/C52H75F2N7O14S2/c1-5-52(3,4)48(42-27-37(38-26-36(53)12-13-39(38)54)34(2)61(42)30-35-10-7-6-8-11-35)60(17-9-15-55)46(64)33-76-32-41(51(70)71)59-44(62)14-18-72-20-22-74-24-25-75-23-21-73-19-16-57-45(63)29-58-49(67)43(28-47(65)66)77-31-40(56)50(68)69/h5-8,10-13,26-27,34,37,40-41,43,48H,1,9,14-25,28-33,55-56H2,2-4H3,(H,57,63)(H,58,67)(H,59,62)(H,65,66)(H,68,69)(H,70,71)/t34?,37?,40-,41-,43?,48-/m0/s1. The monoisotopic (exact) mass is 1120 g/mol. The highest BCUT2D eigenvalue weighted by Gasteiger charge is 2.45. The first kappa shape index (κ1) is 65.6. The summed E-state index contributed by atoms with van der Waals surface area (Å²) in [5, 5.41) is 34.2. The van der Waals surface area contributed by atoms with Crippen LogP contribution in [0.25, 0.3) is 0 Å². The molecule has 0 aromatic heterocycles. The fraction of sp³-hybridized carbons (Fsp3) is 0.558. The second-order valence-electron chi connectivity index (χ2n) is 18.4. The SMILES string of the molecule is C=CC(C)(C)[C@H](C1=CC(c2cc(F)ccc2F)C(C)N1Cc1ccccc1)N(CCCN)C(=O)CSC[C@H](NC(=O)CCOCCOCCOCCOCCNC(=O)CNC(=O)C(CC(=O)O)SC[C@H](N)C(=O)O)C(=O)O. The lowest BCUT2D eigenvalue weighted by atomic mass is 9.80. The molecular weight excluding hydrogens is 1050 g/mol. The van der Waals surface area contributed by atoms with Gasteiger partial charge in [0.25, 0.3) is 0 Å². The maximum atomic E-state index is 15.4. The Morgan fingerprint density at radius 1 is 0.870 bits per heavy atom. The number of rotatable bonds is 40. The molecule has 428 valence electrons. The van der Waals surface area contributed by atoms with Gasteiger partial charge in [0.2, 0.25) is 23.6 Å². The molecule has 1 aliphatic heterocycles. The number of nitrogens with two attached hydrogens (primary N) is 2. The van der Waals surface area contributed by atoms with E-state index in [0.717, 1.165) is 46.9 Å². The van der Waals surface area contributed by atoms with Crippen LogP contribution in [0.1, 0.15) is 57.1 Å². The minimum atomic E-state index is -1.31. The minimum absolute atomic E-state index is 0.00662. The first-order valence-corrected chi connectivity index (χ1v) is 27.3. The second kappa shape index (κ2) is 35.0. The number of hydrogen-bond acceptors (Lipinski definition) is 16. The van der Waals surface area contributed by atoms with Crippen LogP contribution in [0.4, 0.5) is 8.78 Å². The number of ether oxygens (including phenoxy) is 4. The molecule has 1 heterocycles. The number of aliphatic carboxylic acids is 3. The van der Waals surface area contributed by atoms with Gasteiger partial charge < -0.3 is 71.5 Å². The number of halogens is 2. The van der Waals surface area contributed by atoms with Crippen molar-refractivity contribution < 1.29 is 76.6 Å². The molecule has 0 saturated heterocycles. The summed E-state index contributed by atoms with van der Waals surface area (Å²) in [6.07, 6.45) is 3.41. The molecule has 0 fully saturated rings. The Morgan fingerprint density at radius 3 is 2.10 bits per heavy atom. The molecule has 0 radical (unpaired) electrons. The molecular formula is C52H75F2N7O14S2. The van der Waals surface area contributed by atoms with E-state index in [1.165, 1.54) is 6.07 Å². The van der Waals surface area contributed by atoms with Crippen molar-refractivity contribution in [2.24, 2.45) is 16.9 Å². The van der Waals surface area contributed by atoms with Crippen LogP contribution >= 0.6 is 23.5 Å². The van der Waals surface area contributed by atoms with Gasteiger partial charge in [-0.25, -0.2) is 13.6 Å². The number of amides is 4. The maximum absolute atomic E-state index is 15.4. The normalized spacial score (nSPS) is 15.9. The zero-order valence-electron chi connectivity index (χ0n) is 43.8. The van der Waals surface area contributed by atoms with Gasteiger partial charge in [0.05, 0.1) is 82.9 Å². The number of carboxylic acids is 3. The summed E-state index contributed by atoms with van der Waals surface area (Å²) in [7, 11) is 0. The Balaban J connectivity index is 1.39. The molecule has 77 heavy (non-hydrogen) atoms. The quantitative estimate of drug-likeness (QED) is 0.0351. The largest absolute Gasteiger partial charge is 0.481 e. The first-order chi connectivity index (χ1) is 36.7. The van der Waals surface area contributed by atoms with E-state index in [1.807, 2.05) is 57.2 Å². The number of benzene rings is 2. The number of nitrogens with one attached hydrogen (secondary N) is 3. The van der Waals surface area contributed by atoms with Gasteiger partial charge in [0.15, 0.2) is 0 Å². The number of hydrogen-bond donors (Lipinski definition) is 8. The average molecular weight is 1120 g/mol. The van der Waals surface area contributed by atoms with Gasteiger partial charge >= 0.3 is 17.9 Å². The van der Waals surface area contributed by atoms with Crippen molar-refractivity contribution in [3.8, 4) is 0 Å².